The molecule has 0 aromatic rings. The molecule has 2 heteroatoms. The third kappa shape index (κ3) is 5.93. The molecule has 0 radical (unpaired) electrons. The van der Waals surface area contributed by atoms with Gasteiger partial charge < -0.3 is 5.73 Å². The predicted molar refractivity (Wildman–Crippen MR) is 45.8 cm³/mol. The van der Waals surface area contributed by atoms with Crippen LogP contribution in [-0.4, -0.2) is 18.1 Å². The summed E-state index contributed by atoms with van der Waals surface area (Å²) >= 11 is 1.80. The molecule has 9 heavy (non-hydrogen) atoms. The van der Waals surface area contributed by atoms with Crippen molar-refractivity contribution >= 4 is 11.8 Å². The molecule has 1 unspecified atom stereocenters. The smallest absolute Gasteiger partial charge is 0.0133 e. The Morgan fingerprint density at radius 3 is 2.89 bits per heavy atom. The molecule has 0 amide bonds. The van der Waals surface area contributed by atoms with Gasteiger partial charge in [-0.05, 0) is 19.1 Å². The summed E-state index contributed by atoms with van der Waals surface area (Å²) in [6, 6.07) is 0.359. The van der Waals surface area contributed by atoms with E-state index in [1.165, 1.54) is 0 Å². The highest BCUT2D eigenvalue weighted by molar-refractivity contribution is 7.98. The van der Waals surface area contributed by atoms with Crippen molar-refractivity contribution < 1.29 is 0 Å². The molecule has 0 heterocycles. The van der Waals surface area contributed by atoms with Crippen molar-refractivity contribution in [1.82, 2.24) is 0 Å². The Bertz CT molecular complexity index is 73.3. The van der Waals surface area contributed by atoms with E-state index in [1.807, 2.05) is 6.08 Å². The van der Waals surface area contributed by atoms with Gasteiger partial charge in [-0.1, -0.05) is 6.08 Å². The van der Waals surface area contributed by atoms with E-state index < -0.39 is 0 Å². The van der Waals surface area contributed by atoms with Crippen molar-refractivity contribution in [2.75, 3.05) is 12.0 Å². The minimum absolute atomic E-state index is 0.359. The van der Waals surface area contributed by atoms with E-state index in [9.17, 15) is 0 Å². The van der Waals surface area contributed by atoms with E-state index in [0.717, 1.165) is 18.6 Å². The van der Waals surface area contributed by atoms with Gasteiger partial charge in [-0.3, -0.25) is 0 Å². The zero-order valence-corrected chi connectivity index (χ0v) is 6.79. The summed E-state index contributed by atoms with van der Waals surface area (Å²) < 4.78 is 0. The van der Waals surface area contributed by atoms with Crippen LogP contribution in [0, 0.1) is 0 Å². The molecule has 0 aliphatic carbocycles. The molecule has 0 aromatic carbocycles. The van der Waals surface area contributed by atoms with Crippen LogP contribution in [0.4, 0.5) is 0 Å². The average Bonchev–Trinajstić information content (AvgIpc) is 1.85. The number of hydrogen-bond donors (Lipinski definition) is 1. The van der Waals surface area contributed by atoms with Crippen LogP contribution in [-0.2, 0) is 0 Å². The molecule has 0 rings (SSSR count). The zero-order chi connectivity index (χ0) is 7.11. The molecule has 0 saturated heterocycles. The highest BCUT2D eigenvalue weighted by Gasteiger charge is 1.97. The minimum Gasteiger partial charge on any atom is -0.327 e. The second kappa shape index (κ2) is 6.17. The number of hydrogen-bond acceptors (Lipinski definition) is 2. The first-order chi connectivity index (χ1) is 4.31. The first kappa shape index (κ1) is 9.05. The maximum absolute atomic E-state index is 5.70. The highest BCUT2D eigenvalue weighted by Crippen LogP contribution is 2.01. The van der Waals surface area contributed by atoms with Crippen molar-refractivity contribution in [3.05, 3.63) is 12.7 Å². The molecular weight excluding hydrogens is 130 g/mol. The summed E-state index contributed by atoms with van der Waals surface area (Å²) in [7, 11) is 0. The standard InChI is InChI=1S/C7H15NS/c1-3-4-5-7(8)6-9-2/h3,7H,1,4-6,8H2,2H3. The quantitative estimate of drug-likeness (QED) is 0.595. The van der Waals surface area contributed by atoms with Gasteiger partial charge in [-0.25, -0.2) is 0 Å². The van der Waals surface area contributed by atoms with Crippen molar-refractivity contribution in [2.45, 2.75) is 18.9 Å². The van der Waals surface area contributed by atoms with Gasteiger partial charge in [-0.15, -0.1) is 6.58 Å². The van der Waals surface area contributed by atoms with Gasteiger partial charge in [0.1, 0.15) is 0 Å². The van der Waals surface area contributed by atoms with E-state index in [0.29, 0.717) is 6.04 Å². The maximum atomic E-state index is 5.70. The van der Waals surface area contributed by atoms with Crippen LogP contribution in [0.15, 0.2) is 12.7 Å². The second-order valence-corrected chi connectivity index (χ2v) is 2.99. The monoisotopic (exact) mass is 145 g/mol. The van der Waals surface area contributed by atoms with Crippen LogP contribution < -0.4 is 5.73 Å². The van der Waals surface area contributed by atoms with Gasteiger partial charge in [0.05, 0.1) is 0 Å². The third-order valence-electron chi connectivity index (χ3n) is 1.12. The minimum atomic E-state index is 0.359. The first-order valence-corrected chi connectivity index (χ1v) is 4.56. The molecule has 1 nitrogen and oxygen atoms in total. The molecule has 0 saturated carbocycles. The lowest BCUT2D eigenvalue weighted by atomic mass is 10.2. The van der Waals surface area contributed by atoms with Crippen molar-refractivity contribution in [1.29, 1.82) is 0 Å². The van der Waals surface area contributed by atoms with Crippen molar-refractivity contribution in [2.24, 2.45) is 5.73 Å². The lowest BCUT2D eigenvalue weighted by molar-refractivity contribution is 0.686. The van der Waals surface area contributed by atoms with E-state index >= 15 is 0 Å². The average molecular weight is 145 g/mol. The maximum Gasteiger partial charge on any atom is 0.0133 e. The molecular formula is C7H15NS. The van der Waals surface area contributed by atoms with Gasteiger partial charge in [-0.2, -0.15) is 11.8 Å². The zero-order valence-electron chi connectivity index (χ0n) is 5.97. The summed E-state index contributed by atoms with van der Waals surface area (Å²) in [4.78, 5) is 0. The lowest BCUT2D eigenvalue weighted by Gasteiger charge is -2.06. The normalized spacial score (nSPS) is 13.1. The Labute approximate surface area is 61.7 Å². The summed E-state index contributed by atoms with van der Waals surface area (Å²) in [6.07, 6.45) is 6.11. The van der Waals surface area contributed by atoms with Crippen LogP contribution in [0.5, 0.6) is 0 Å². The fraction of sp³-hybridized carbons (Fsp3) is 0.714. The van der Waals surface area contributed by atoms with E-state index in [-0.39, 0.29) is 0 Å². The second-order valence-electron chi connectivity index (χ2n) is 2.08. The first-order valence-electron chi connectivity index (χ1n) is 3.16. The summed E-state index contributed by atoms with van der Waals surface area (Å²) in [5, 5.41) is 0. The molecule has 0 aromatic heterocycles. The van der Waals surface area contributed by atoms with Crippen LogP contribution in [0.25, 0.3) is 0 Å². The van der Waals surface area contributed by atoms with Crippen LogP contribution in [0.2, 0.25) is 0 Å². The number of nitrogens with two attached hydrogens (primary N) is 1. The molecule has 54 valence electrons. The fourth-order valence-corrected chi connectivity index (χ4v) is 1.22. The number of allylic oxidation sites excluding steroid dienone is 1. The summed E-state index contributed by atoms with van der Waals surface area (Å²) in [6.45, 7) is 3.63. The van der Waals surface area contributed by atoms with Gasteiger partial charge in [0.25, 0.3) is 0 Å². The predicted octanol–water partition coefficient (Wildman–Crippen LogP) is 1.64. The molecule has 0 aliphatic rings. The van der Waals surface area contributed by atoms with Crippen LogP contribution >= 0.6 is 11.8 Å². The Hall–Kier alpha value is 0.0500. The summed E-state index contributed by atoms with van der Waals surface area (Å²) in [5.74, 6) is 1.06. The Morgan fingerprint density at radius 2 is 2.44 bits per heavy atom. The van der Waals surface area contributed by atoms with Crippen molar-refractivity contribution in [3.63, 3.8) is 0 Å². The van der Waals surface area contributed by atoms with Gasteiger partial charge in [0, 0.05) is 11.8 Å². The SMILES string of the molecule is C=CCCC(N)CSC. The van der Waals surface area contributed by atoms with Gasteiger partial charge >= 0.3 is 0 Å². The molecule has 0 aliphatic heterocycles. The molecule has 0 bridgehead atoms. The molecule has 0 fully saturated rings. The lowest BCUT2D eigenvalue weighted by Crippen LogP contribution is -2.21. The Morgan fingerprint density at radius 1 is 1.78 bits per heavy atom. The van der Waals surface area contributed by atoms with E-state index in [1.54, 1.807) is 11.8 Å². The van der Waals surface area contributed by atoms with Gasteiger partial charge in [0.2, 0.25) is 0 Å². The Kier molecular flexibility index (Phi) is 6.21. The Balaban J connectivity index is 3.04. The molecule has 2 N–H and O–H groups in total. The molecule has 0 spiro atoms. The largest absolute Gasteiger partial charge is 0.327 e. The van der Waals surface area contributed by atoms with E-state index in [4.69, 9.17) is 5.73 Å². The summed E-state index contributed by atoms with van der Waals surface area (Å²) in [5.41, 5.74) is 5.70. The molecule has 1 atom stereocenters. The topological polar surface area (TPSA) is 26.0 Å². The number of thioether (sulfide) groups is 1. The van der Waals surface area contributed by atoms with Gasteiger partial charge in [0.15, 0.2) is 0 Å². The van der Waals surface area contributed by atoms with Crippen molar-refractivity contribution in [3.8, 4) is 0 Å². The highest BCUT2D eigenvalue weighted by atomic mass is 32.2. The van der Waals surface area contributed by atoms with Crippen LogP contribution in [0.3, 0.4) is 0 Å². The fourth-order valence-electron chi connectivity index (χ4n) is 0.629. The van der Waals surface area contributed by atoms with Crippen LogP contribution in [0.1, 0.15) is 12.8 Å². The third-order valence-corrected chi connectivity index (χ3v) is 1.88. The van der Waals surface area contributed by atoms with E-state index in [2.05, 4.69) is 12.8 Å². The number of rotatable bonds is 5.